The Balaban J connectivity index is 1.79. The molecule has 29 heavy (non-hydrogen) atoms. The van der Waals surface area contributed by atoms with Gasteiger partial charge in [-0.05, 0) is 46.1 Å². The molecular formula is C22H32N2O5. The van der Waals surface area contributed by atoms with E-state index in [1.807, 2.05) is 51.1 Å². The first kappa shape index (κ1) is 22.7. The minimum absolute atomic E-state index is 0.242. The van der Waals surface area contributed by atoms with Crippen molar-refractivity contribution < 1.29 is 23.9 Å². The summed E-state index contributed by atoms with van der Waals surface area (Å²) in [4.78, 5) is 40.3. The number of likely N-dealkylation sites (tertiary alicyclic amines) is 1. The number of carbonyl (C=O) groups is 3. The van der Waals surface area contributed by atoms with Gasteiger partial charge in [0.1, 0.15) is 5.60 Å². The van der Waals surface area contributed by atoms with Crippen LogP contribution in [-0.4, -0.2) is 59.6 Å². The molecule has 1 heterocycles. The quantitative estimate of drug-likeness (QED) is 0.705. The number of amides is 2. The number of hydrogen-bond acceptors (Lipinski definition) is 5. The zero-order valence-electron chi connectivity index (χ0n) is 18.0. The van der Waals surface area contributed by atoms with E-state index in [1.165, 1.54) is 0 Å². The fourth-order valence-corrected chi connectivity index (χ4v) is 3.19. The van der Waals surface area contributed by atoms with E-state index in [1.54, 1.807) is 23.8 Å². The van der Waals surface area contributed by atoms with Crippen molar-refractivity contribution in [2.45, 2.75) is 58.8 Å². The third-order valence-electron chi connectivity index (χ3n) is 4.76. The van der Waals surface area contributed by atoms with Crippen molar-refractivity contribution >= 4 is 18.0 Å². The molecule has 0 aromatic heterocycles. The smallest absolute Gasteiger partial charge is 0.410 e. The maximum Gasteiger partial charge on any atom is 0.410 e. The molecular weight excluding hydrogens is 372 g/mol. The zero-order valence-corrected chi connectivity index (χ0v) is 18.0. The van der Waals surface area contributed by atoms with Gasteiger partial charge in [0.2, 0.25) is 0 Å². The number of esters is 1. The van der Waals surface area contributed by atoms with Crippen LogP contribution < -0.4 is 0 Å². The average molecular weight is 405 g/mol. The highest BCUT2D eigenvalue weighted by Gasteiger charge is 2.32. The molecule has 0 radical (unpaired) electrons. The minimum atomic E-state index is -0.847. The van der Waals surface area contributed by atoms with Gasteiger partial charge in [0.25, 0.3) is 5.91 Å². The zero-order chi connectivity index (χ0) is 21.6. The van der Waals surface area contributed by atoms with E-state index >= 15 is 0 Å². The third-order valence-corrected chi connectivity index (χ3v) is 4.76. The number of ether oxygens (including phenoxy) is 2. The summed E-state index contributed by atoms with van der Waals surface area (Å²) in [5, 5.41) is 0. The summed E-state index contributed by atoms with van der Waals surface area (Å²) in [6.07, 6.45) is -0.215. The third kappa shape index (κ3) is 7.07. The monoisotopic (exact) mass is 404 g/mol. The number of likely N-dealkylation sites (N-methyl/N-ethyl adjacent to an activating group) is 1. The van der Waals surface area contributed by atoms with Crippen LogP contribution >= 0.6 is 0 Å². The Labute approximate surface area is 172 Å². The van der Waals surface area contributed by atoms with Crippen LogP contribution in [0.25, 0.3) is 0 Å². The van der Waals surface area contributed by atoms with Crippen LogP contribution in [0.3, 0.4) is 0 Å². The number of rotatable bonds is 5. The molecule has 0 spiro atoms. The predicted molar refractivity (Wildman–Crippen MR) is 109 cm³/mol. The molecule has 1 saturated heterocycles. The van der Waals surface area contributed by atoms with E-state index < -0.39 is 11.7 Å². The number of piperidine rings is 1. The first-order valence-corrected chi connectivity index (χ1v) is 10.0. The van der Waals surface area contributed by atoms with Crippen molar-refractivity contribution in [2.24, 2.45) is 5.92 Å². The lowest BCUT2D eigenvalue weighted by Crippen LogP contribution is -2.44. The standard InChI is InChI=1S/C22H32N2O5/c1-16(19(25)23(5)15-17-9-7-6-8-10-17)28-20(26)18-11-13-24(14-12-18)21(27)29-22(2,3)4/h6-10,16,18H,11-15H2,1-5H3/t16-/m0/s1. The molecule has 1 aliphatic rings. The van der Waals surface area contributed by atoms with E-state index in [-0.39, 0.29) is 23.9 Å². The second kappa shape index (κ2) is 9.76. The molecule has 0 bridgehead atoms. The lowest BCUT2D eigenvalue weighted by atomic mass is 9.97. The summed E-state index contributed by atoms with van der Waals surface area (Å²) in [5.74, 6) is -0.945. The SMILES string of the molecule is C[C@H](OC(=O)C1CCN(C(=O)OC(C)(C)C)CC1)C(=O)N(C)Cc1ccccc1. The van der Waals surface area contributed by atoms with Crippen molar-refractivity contribution in [3.05, 3.63) is 35.9 Å². The molecule has 0 unspecified atom stereocenters. The van der Waals surface area contributed by atoms with Crippen molar-refractivity contribution in [2.75, 3.05) is 20.1 Å². The van der Waals surface area contributed by atoms with Crippen LogP contribution in [0, 0.1) is 5.92 Å². The number of carbonyl (C=O) groups excluding carboxylic acids is 3. The molecule has 2 rings (SSSR count). The van der Waals surface area contributed by atoms with Gasteiger partial charge in [0.15, 0.2) is 6.10 Å². The predicted octanol–water partition coefficient (Wildman–Crippen LogP) is 3.22. The van der Waals surface area contributed by atoms with Gasteiger partial charge in [-0.2, -0.15) is 0 Å². The van der Waals surface area contributed by atoms with Gasteiger partial charge in [-0.15, -0.1) is 0 Å². The molecule has 1 atom stereocenters. The molecule has 0 N–H and O–H groups in total. The molecule has 7 nitrogen and oxygen atoms in total. The van der Waals surface area contributed by atoms with Gasteiger partial charge < -0.3 is 19.3 Å². The maximum absolute atomic E-state index is 12.5. The average Bonchev–Trinajstić information content (AvgIpc) is 2.66. The van der Waals surface area contributed by atoms with Crippen molar-refractivity contribution in [3.8, 4) is 0 Å². The van der Waals surface area contributed by atoms with Crippen LogP contribution in [0.1, 0.15) is 46.1 Å². The summed E-state index contributed by atoms with van der Waals surface area (Å²) >= 11 is 0. The Bertz CT molecular complexity index is 706. The second-order valence-electron chi connectivity index (χ2n) is 8.50. The molecule has 2 amide bonds. The van der Waals surface area contributed by atoms with E-state index in [2.05, 4.69) is 0 Å². The highest BCUT2D eigenvalue weighted by molar-refractivity contribution is 5.84. The highest BCUT2D eigenvalue weighted by atomic mass is 16.6. The molecule has 0 saturated carbocycles. The Kier molecular flexibility index (Phi) is 7.65. The van der Waals surface area contributed by atoms with Gasteiger partial charge in [-0.3, -0.25) is 9.59 Å². The molecule has 160 valence electrons. The fourth-order valence-electron chi connectivity index (χ4n) is 3.19. The van der Waals surface area contributed by atoms with E-state index in [0.717, 1.165) is 5.56 Å². The molecule has 1 fully saturated rings. The topological polar surface area (TPSA) is 76.1 Å². The molecule has 1 aromatic carbocycles. The van der Waals surface area contributed by atoms with E-state index in [4.69, 9.17) is 9.47 Å². The maximum atomic E-state index is 12.5. The normalized spacial score (nSPS) is 16.1. The Morgan fingerprint density at radius 1 is 1.14 bits per heavy atom. The summed E-state index contributed by atoms with van der Waals surface area (Å²) in [6, 6.07) is 9.64. The summed E-state index contributed by atoms with van der Waals surface area (Å²) in [7, 11) is 1.69. The van der Waals surface area contributed by atoms with Gasteiger partial charge in [-0.1, -0.05) is 30.3 Å². The van der Waals surface area contributed by atoms with E-state index in [9.17, 15) is 14.4 Å². The molecule has 7 heteroatoms. The summed E-state index contributed by atoms with van der Waals surface area (Å²) in [6.45, 7) is 8.38. The fraction of sp³-hybridized carbons (Fsp3) is 0.591. The van der Waals surface area contributed by atoms with Crippen LogP contribution in [0.5, 0.6) is 0 Å². The first-order chi connectivity index (χ1) is 13.6. The Hall–Kier alpha value is -2.57. The lowest BCUT2D eigenvalue weighted by molar-refractivity contribution is -0.163. The minimum Gasteiger partial charge on any atom is -0.452 e. The highest BCUT2D eigenvalue weighted by Crippen LogP contribution is 2.21. The van der Waals surface area contributed by atoms with E-state index in [0.29, 0.717) is 32.5 Å². The first-order valence-electron chi connectivity index (χ1n) is 10.0. The number of hydrogen-bond donors (Lipinski definition) is 0. The summed E-state index contributed by atoms with van der Waals surface area (Å²) in [5.41, 5.74) is 0.463. The largest absolute Gasteiger partial charge is 0.452 e. The van der Waals surface area contributed by atoms with Gasteiger partial charge in [-0.25, -0.2) is 4.79 Å². The lowest BCUT2D eigenvalue weighted by Gasteiger charge is -2.33. The molecule has 1 aromatic rings. The number of nitrogens with zero attached hydrogens (tertiary/aromatic N) is 2. The van der Waals surface area contributed by atoms with Crippen LogP contribution in [-0.2, 0) is 25.6 Å². The van der Waals surface area contributed by atoms with Crippen LogP contribution in [0.15, 0.2) is 30.3 Å². The van der Waals surface area contributed by atoms with Gasteiger partial charge in [0.05, 0.1) is 5.92 Å². The van der Waals surface area contributed by atoms with Crippen LogP contribution in [0.2, 0.25) is 0 Å². The van der Waals surface area contributed by atoms with Crippen molar-refractivity contribution in [1.82, 2.24) is 9.80 Å². The van der Waals surface area contributed by atoms with Gasteiger partial charge in [0, 0.05) is 26.7 Å². The van der Waals surface area contributed by atoms with Crippen molar-refractivity contribution in [3.63, 3.8) is 0 Å². The Morgan fingerprint density at radius 3 is 2.28 bits per heavy atom. The van der Waals surface area contributed by atoms with Crippen molar-refractivity contribution in [1.29, 1.82) is 0 Å². The molecule has 0 aliphatic carbocycles. The van der Waals surface area contributed by atoms with Gasteiger partial charge >= 0.3 is 12.1 Å². The Morgan fingerprint density at radius 2 is 1.72 bits per heavy atom. The molecule has 1 aliphatic heterocycles. The number of benzene rings is 1. The second-order valence-corrected chi connectivity index (χ2v) is 8.50. The summed E-state index contributed by atoms with van der Waals surface area (Å²) < 4.78 is 10.8. The van der Waals surface area contributed by atoms with Crippen LogP contribution in [0.4, 0.5) is 4.79 Å².